The molecule has 1 heterocycles. The number of rotatable bonds is 2. The van der Waals surface area contributed by atoms with Gasteiger partial charge in [0.2, 0.25) is 0 Å². The van der Waals surface area contributed by atoms with Gasteiger partial charge >= 0.3 is 0 Å². The molecule has 0 aliphatic rings. The van der Waals surface area contributed by atoms with Crippen LogP contribution in [0.4, 0.5) is 5.69 Å². The van der Waals surface area contributed by atoms with Crippen molar-refractivity contribution in [3.8, 4) is 0 Å². The number of aromatic nitrogens is 2. The highest BCUT2D eigenvalue weighted by Gasteiger charge is 2.11. The minimum absolute atomic E-state index is 0.222. The van der Waals surface area contributed by atoms with Crippen LogP contribution in [0, 0.1) is 13.8 Å². The quantitative estimate of drug-likeness (QED) is 0.860. The standard InChI is InChI=1S/C12H12ClN3O/c1-7-3-4-9(5-10(7)13)15-12(17)11-8(2)6-14-16-11/h3-6H,1-2H3,(H,14,16)(H,15,17). The molecule has 0 saturated heterocycles. The lowest BCUT2D eigenvalue weighted by molar-refractivity contribution is 0.102. The van der Waals surface area contributed by atoms with Crippen molar-refractivity contribution in [2.75, 3.05) is 5.32 Å². The Labute approximate surface area is 104 Å². The highest BCUT2D eigenvalue weighted by Crippen LogP contribution is 2.20. The van der Waals surface area contributed by atoms with Gasteiger partial charge in [-0.05, 0) is 37.1 Å². The maximum Gasteiger partial charge on any atom is 0.273 e. The van der Waals surface area contributed by atoms with E-state index in [0.717, 1.165) is 11.1 Å². The van der Waals surface area contributed by atoms with E-state index in [2.05, 4.69) is 15.5 Å². The molecule has 1 aromatic heterocycles. The summed E-state index contributed by atoms with van der Waals surface area (Å²) in [5.74, 6) is -0.222. The van der Waals surface area contributed by atoms with E-state index < -0.39 is 0 Å². The molecule has 2 N–H and O–H groups in total. The number of benzene rings is 1. The van der Waals surface area contributed by atoms with E-state index in [9.17, 15) is 4.79 Å². The number of H-pyrrole nitrogens is 1. The van der Waals surface area contributed by atoms with Crippen LogP contribution in [-0.4, -0.2) is 16.1 Å². The third-order valence-corrected chi connectivity index (χ3v) is 2.89. The summed E-state index contributed by atoms with van der Waals surface area (Å²) in [6.07, 6.45) is 1.61. The van der Waals surface area contributed by atoms with Gasteiger partial charge in [0, 0.05) is 10.7 Å². The number of halogens is 1. The second-order valence-corrected chi connectivity index (χ2v) is 4.25. The van der Waals surface area contributed by atoms with E-state index in [1.54, 1.807) is 12.3 Å². The van der Waals surface area contributed by atoms with E-state index in [1.165, 1.54) is 0 Å². The third-order valence-electron chi connectivity index (χ3n) is 2.49. The molecule has 17 heavy (non-hydrogen) atoms. The Balaban J connectivity index is 2.19. The Kier molecular flexibility index (Phi) is 3.15. The van der Waals surface area contributed by atoms with Gasteiger partial charge in [-0.3, -0.25) is 9.89 Å². The lowest BCUT2D eigenvalue weighted by Crippen LogP contribution is -2.13. The number of nitrogens with zero attached hydrogens (tertiary/aromatic N) is 1. The topological polar surface area (TPSA) is 57.8 Å². The number of hydrogen-bond donors (Lipinski definition) is 2. The number of amides is 1. The van der Waals surface area contributed by atoms with E-state index in [-0.39, 0.29) is 5.91 Å². The number of carbonyl (C=O) groups is 1. The van der Waals surface area contributed by atoms with Gasteiger partial charge in [0.05, 0.1) is 6.20 Å². The van der Waals surface area contributed by atoms with Crippen molar-refractivity contribution in [1.29, 1.82) is 0 Å². The molecule has 0 spiro atoms. The van der Waals surface area contributed by atoms with Gasteiger partial charge in [-0.25, -0.2) is 0 Å². The van der Waals surface area contributed by atoms with Crippen LogP contribution in [0.1, 0.15) is 21.6 Å². The average molecular weight is 250 g/mol. The molecule has 0 unspecified atom stereocenters. The molecule has 0 aliphatic heterocycles. The van der Waals surface area contributed by atoms with Gasteiger partial charge in [0.15, 0.2) is 0 Å². The number of aromatic amines is 1. The first-order valence-electron chi connectivity index (χ1n) is 5.15. The van der Waals surface area contributed by atoms with Crippen LogP contribution in [0.25, 0.3) is 0 Å². The number of anilines is 1. The summed E-state index contributed by atoms with van der Waals surface area (Å²) in [6.45, 7) is 3.73. The summed E-state index contributed by atoms with van der Waals surface area (Å²) in [7, 11) is 0. The molecule has 5 heteroatoms. The fraction of sp³-hybridized carbons (Fsp3) is 0.167. The van der Waals surface area contributed by atoms with Crippen LogP contribution in [0.2, 0.25) is 5.02 Å². The van der Waals surface area contributed by atoms with Crippen LogP contribution < -0.4 is 5.32 Å². The van der Waals surface area contributed by atoms with Crippen molar-refractivity contribution in [1.82, 2.24) is 10.2 Å². The SMILES string of the molecule is Cc1ccc(NC(=O)c2[nH]ncc2C)cc1Cl. The Morgan fingerprint density at radius 3 is 2.71 bits per heavy atom. The van der Waals surface area contributed by atoms with Crippen LogP contribution >= 0.6 is 11.6 Å². The van der Waals surface area contributed by atoms with Crippen LogP contribution in [-0.2, 0) is 0 Å². The van der Waals surface area contributed by atoms with Gasteiger partial charge in [-0.15, -0.1) is 0 Å². The lowest BCUT2D eigenvalue weighted by Gasteiger charge is -2.06. The molecule has 0 atom stereocenters. The first kappa shape index (κ1) is 11.7. The first-order valence-corrected chi connectivity index (χ1v) is 5.53. The van der Waals surface area contributed by atoms with Crippen molar-refractivity contribution in [2.24, 2.45) is 0 Å². The van der Waals surface area contributed by atoms with Crippen molar-refractivity contribution in [3.63, 3.8) is 0 Å². The van der Waals surface area contributed by atoms with E-state index in [4.69, 9.17) is 11.6 Å². The zero-order valence-corrected chi connectivity index (χ0v) is 10.3. The molecular weight excluding hydrogens is 238 g/mol. The van der Waals surface area contributed by atoms with E-state index in [1.807, 2.05) is 26.0 Å². The smallest absolute Gasteiger partial charge is 0.273 e. The summed E-state index contributed by atoms with van der Waals surface area (Å²) in [6, 6.07) is 5.39. The number of carbonyl (C=O) groups excluding carboxylic acids is 1. The fourth-order valence-corrected chi connectivity index (χ4v) is 1.62. The van der Waals surface area contributed by atoms with Gasteiger partial charge in [0.1, 0.15) is 5.69 Å². The van der Waals surface area contributed by atoms with Gasteiger partial charge in [-0.1, -0.05) is 17.7 Å². The zero-order chi connectivity index (χ0) is 12.4. The Morgan fingerprint density at radius 2 is 2.12 bits per heavy atom. The fourth-order valence-electron chi connectivity index (χ4n) is 1.44. The highest BCUT2D eigenvalue weighted by atomic mass is 35.5. The van der Waals surface area contributed by atoms with Crippen LogP contribution in [0.3, 0.4) is 0 Å². The van der Waals surface area contributed by atoms with Gasteiger partial charge < -0.3 is 5.32 Å². The molecule has 2 rings (SSSR count). The highest BCUT2D eigenvalue weighted by molar-refractivity contribution is 6.31. The summed E-state index contributed by atoms with van der Waals surface area (Å²) in [5, 5.41) is 9.85. The molecule has 1 amide bonds. The molecule has 1 aromatic carbocycles. The maximum absolute atomic E-state index is 11.9. The Morgan fingerprint density at radius 1 is 1.35 bits per heavy atom. The molecule has 0 bridgehead atoms. The molecule has 4 nitrogen and oxygen atoms in total. The third kappa shape index (κ3) is 2.47. The summed E-state index contributed by atoms with van der Waals surface area (Å²) in [4.78, 5) is 11.9. The van der Waals surface area contributed by atoms with Crippen LogP contribution in [0.15, 0.2) is 24.4 Å². The number of nitrogens with one attached hydrogen (secondary N) is 2. The Bertz CT molecular complexity index is 563. The van der Waals surface area contributed by atoms with E-state index >= 15 is 0 Å². The lowest BCUT2D eigenvalue weighted by atomic mass is 10.2. The van der Waals surface area contributed by atoms with E-state index in [0.29, 0.717) is 16.4 Å². The van der Waals surface area contributed by atoms with Gasteiger partial charge in [0.25, 0.3) is 5.91 Å². The normalized spacial score (nSPS) is 10.3. The van der Waals surface area contributed by atoms with Crippen LogP contribution in [0.5, 0.6) is 0 Å². The van der Waals surface area contributed by atoms with Crippen molar-refractivity contribution in [2.45, 2.75) is 13.8 Å². The van der Waals surface area contributed by atoms with Crippen molar-refractivity contribution >= 4 is 23.2 Å². The number of hydrogen-bond acceptors (Lipinski definition) is 2. The minimum Gasteiger partial charge on any atom is -0.321 e. The largest absolute Gasteiger partial charge is 0.321 e. The summed E-state index contributed by atoms with van der Waals surface area (Å²) in [5.41, 5.74) is 2.91. The average Bonchev–Trinajstić information content (AvgIpc) is 2.70. The molecule has 0 saturated carbocycles. The Hall–Kier alpha value is -1.81. The molecule has 2 aromatic rings. The minimum atomic E-state index is -0.222. The monoisotopic (exact) mass is 249 g/mol. The predicted octanol–water partition coefficient (Wildman–Crippen LogP) is 2.93. The molecule has 0 fully saturated rings. The molecule has 0 aliphatic carbocycles. The second kappa shape index (κ2) is 4.59. The molecular formula is C12H12ClN3O. The van der Waals surface area contributed by atoms with Gasteiger partial charge in [-0.2, -0.15) is 5.10 Å². The summed E-state index contributed by atoms with van der Waals surface area (Å²) >= 11 is 5.98. The molecule has 0 radical (unpaired) electrons. The number of aryl methyl sites for hydroxylation is 2. The van der Waals surface area contributed by atoms with Crippen molar-refractivity contribution in [3.05, 3.63) is 46.2 Å². The maximum atomic E-state index is 11.9. The predicted molar refractivity (Wildman–Crippen MR) is 67.5 cm³/mol. The van der Waals surface area contributed by atoms with Crippen molar-refractivity contribution < 1.29 is 4.79 Å². The zero-order valence-electron chi connectivity index (χ0n) is 9.54. The first-order chi connectivity index (χ1) is 8.08. The summed E-state index contributed by atoms with van der Waals surface area (Å²) < 4.78 is 0. The second-order valence-electron chi connectivity index (χ2n) is 3.85. The molecule has 88 valence electrons.